The van der Waals surface area contributed by atoms with E-state index in [1.807, 2.05) is 30.3 Å². The molecule has 1 N–H and O–H groups in total. The van der Waals surface area contributed by atoms with Crippen molar-refractivity contribution in [2.24, 2.45) is 5.10 Å². The number of aryl methyl sites for hydroxylation is 1. The third kappa shape index (κ3) is 5.37. The lowest BCUT2D eigenvalue weighted by atomic mass is 10.1. The molecule has 1 heterocycles. The highest BCUT2D eigenvalue weighted by Gasteiger charge is 2.17. The van der Waals surface area contributed by atoms with Gasteiger partial charge < -0.3 is 9.64 Å². The molecular weight excluding hydrogens is 360 g/mol. The first-order chi connectivity index (χ1) is 13.6. The Bertz CT molecular complexity index is 849. The van der Waals surface area contributed by atoms with Crippen LogP contribution < -0.4 is 10.3 Å². The zero-order valence-corrected chi connectivity index (χ0v) is 15.4. The number of rotatable bonds is 7. The van der Waals surface area contributed by atoms with Crippen LogP contribution >= 0.6 is 0 Å². The highest BCUT2D eigenvalue weighted by atomic mass is 16.6. The zero-order chi connectivity index (χ0) is 19.8. The fraction of sp³-hybridized carbons (Fsp3) is 0.300. The van der Waals surface area contributed by atoms with Gasteiger partial charge in [-0.15, -0.1) is 0 Å². The summed E-state index contributed by atoms with van der Waals surface area (Å²) in [7, 11) is 0. The summed E-state index contributed by atoms with van der Waals surface area (Å²) in [4.78, 5) is 24.8. The van der Waals surface area contributed by atoms with Gasteiger partial charge in [0.1, 0.15) is 0 Å². The van der Waals surface area contributed by atoms with Gasteiger partial charge in [0, 0.05) is 42.9 Å². The predicted molar refractivity (Wildman–Crippen MR) is 107 cm³/mol. The zero-order valence-electron chi connectivity index (χ0n) is 15.4. The van der Waals surface area contributed by atoms with Crippen LogP contribution in [0.3, 0.4) is 0 Å². The van der Waals surface area contributed by atoms with Crippen molar-refractivity contribution in [1.82, 2.24) is 5.43 Å². The van der Waals surface area contributed by atoms with E-state index in [1.54, 1.807) is 6.07 Å². The van der Waals surface area contributed by atoms with Gasteiger partial charge in [-0.3, -0.25) is 14.9 Å². The molecule has 3 rings (SSSR count). The number of ether oxygens (including phenoxy) is 1. The number of nitrogens with one attached hydrogen (secondary N) is 1. The first-order valence-corrected chi connectivity index (χ1v) is 9.10. The van der Waals surface area contributed by atoms with Gasteiger partial charge >= 0.3 is 0 Å². The van der Waals surface area contributed by atoms with Crippen molar-refractivity contribution in [3.05, 3.63) is 69.8 Å². The number of nitrogens with zero attached hydrogens (tertiary/aromatic N) is 3. The Labute approximate surface area is 163 Å². The smallest absolute Gasteiger partial charge is 0.270 e. The monoisotopic (exact) mass is 382 g/mol. The van der Waals surface area contributed by atoms with Crippen LogP contribution in [-0.2, 0) is 16.0 Å². The van der Waals surface area contributed by atoms with Gasteiger partial charge in [0.25, 0.3) is 5.69 Å². The van der Waals surface area contributed by atoms with Crippen LogP contribution in [0, 0.1) is 10.1 Å². The van der Waals surface area contributed by atoms with Crippen molar-refractivity contribution in [2.45, 2.75) is 12.8 Å². The van der Waals surface area contributed by atoms with Gasteiger partial charge in [-0.2, -0.15) is 5.10 Å². The van der Waals surface area contributed by atoms with Crippen LogP contribution in [0.4, 0.5) is 11.4 Å². The molecular formula is C20H22N4O4. The fourth-order valence-corrected chi connectivity index (χ4v) is 2.98. The van der Waals surface area contributed by atoms with Gasteiger partial charge in [0.15, 0.2) is 0 Å². The second-order valence-electron chi connectivity index (χ2n) is 6.38. The maximum absolute atomic E-state index is 12.0. The molecule has 2 aromatic carbocycles. The molecule has 8 heteroatoms. The SMILES string of the molecule is O=C(CCc1ccccc1)N/N=C\c1cc([N+](=O)[O-])ccc1N1CCOCC1. The maximum atomic E-state index is 12.0. The molecule has 1 aliphatic rings. The number of carbonyl (C=O) groups excluding carboxylic acids is 1. The number of amides is 1. The summed E-state index contributed by atoms with van der Waals surface area (Å²) in [6, 6.07) is 14.4. The minimum absolute atomic E-state index is 0.0196. The summed E-state index contributed by atoms with van der Waals surface area (Å²) in [6.45, 7) is 2.59. The van der Waals surface area contributed by atoms with E-state index in [9.17, 15) is 14.9 Å². The summed E-state index contributed by atoms with van der Waals surface area (Å²) >= 11 is 0. The molecule has 2 aromatic rings. The lowest BCUT2D eigenvalue weighted by Gasteiger charge is -2.29. The number of hydrogen-bond donors (Lipinski definition) is 1. The first-order valence-electron chi connectivity index (χ1n) is 9.10. The molecule has 0 aromatic heterocycles. The molecule has 28 heavy (non-hydrogen) atoms. The molecule has 0 aliphatic carbocycles. The normalized spacial score (nSPS) is 14.2. The summed E-state index contributed by atoms with van der Waals surface area (Å²) in [5.41, 5.74) is 4.97. The van der Waals surface area contributed by atoms with Crippen LogP contribution in [0.1, 0.15) is 17.5 Å². The second-order valence-corrected chi connectivity index (χ2v) is 6.38. The standard InChI is InChI=1S/C20H22N4O4/c25-20(9-6-16-4-2-1-3-5-16)22-21-15-17-14-18(24(26)27)7-8-19(17)23-10-12-28-13-11-23/h1-5,7-8,14-15H,6,9-13H2,(H,22,25)/b21-15-. The van der Waals surface area contributed by atoms with Crippen molar-refractivity contribution in [3.63, 3.8) is 0 Å². The summed E-state index contributed by atoms with van der Waals surface area (Å²) in [6.07, 6.45) is 2.39. The Kier molecular flexibility index (Phi) is 6.69. The number of morpholine rings is 1. The van der Waals surface area contributed by atoms with Crippen LogP contribution in [0.25, 0.3) is 0 Å². The molecule has 0 radical (unpaired) electrons. The molecule has 146 valence electrons. The number of anilines is 1. The van der Waals surface area contributed by atoms with Crippen molar-refractivity contribution < 1.29 is 14.5 Å². The minimum Gasteiger partial charge on any atom is -0.378 e. The van der Waals surface area contributed by atoms with Crippen molar-refractivity contribution in [1.29, 1.82) is 0 Å². The van der Waals surface area contributed by atoms with E-state index in [0.29, 0.717) is 44.7 Å². The van der Waals surface area contributed by atoms with Crippen molar-refractivity contribution >= 4 is 23.5 Å². The van der Waals surface area contributed by atoms with Crippen molar-refractivity contribution in [2.75, 3.05) is 31.2 Å². The van der Waals surface area contributed by atoms with Gasteiger partial charge in [-0.25, -0.2) is 5.43 Å². The van der Waals surface area contributed by atoms with E-state index >= 15 is 0 Å². The number of carbonyl (C=O) groups is 1. The topological polar surface area (TPSA) is 97.1 Å². The van der Waals surface area contributed by atoms with Gasteiger partial charge in [-0.1, -0.05) is 30.3 Å². The number of hydrogen-bond acceptors (Lipinski definition) is 6. The highest BCUT2D eigenvalue weighted by Crippen LogP contribution is 2.25. The molecule has 1 aliphatic heterocycles. The summed E-state index contributed by atoms with van der Waals surface area (Å²) in [5.74, 6) is -0.210. The molecule has 0 unspecified atom stereocenters. The van der Waals surface area contributed by atoms with Crippen molar-refractivity contribution in [3.8, 4) is 0 Å². The largest absolute Gasteiger partial charge is 0.378 e. The Balaban J connectivity index is 1.66. The number of benzene rings is 2. The number of nitro benzene ring substituents is 1. The molecule has 1 saturated heterocycles. The van der Waals surface area contributed by atoms with Crippen LogP contribution in [0.2, 0.25) is 0 Å². The average Bonchev–Trinajstić information content (AvgIpc) is 2.73. The van der Waals surface area contributed by atoms with E-state index < -0.39 is 4.92 Å². The Morgan fingerprint density at radius 1 is 1.21 bits per heavy atom. The van der Waals surface area contributed by atoms with Crippen LogP contribution in [-0.4, -0.2) is 43.3 Å². The Hall–Kier alpha value is -3.26. The number of nitro groups is 1. The Morgan fingerprint density at radius 2 is 1.96 bits per heavy atom. The lowest BCUT2D eigenvalue weighted by molar-refractivity contribution is -0.384. The minimum atomic E-state index is -0.446. The molecule has 0 atom stereocenters. The van der Waals surface area contributed by atoms with Gasteiger partial charge in [0.2, 0.25) is 5.91 Å². The van der Waals surface area contributed by atoms with E-state index in [2.05, 4.69) is 15.4 Å². The van der Waals surface area contributed by atoms with Crippen LogP contribution in [0.15, 0.2) is 53.6 Å². The van der Waals surface area contributed by atoms with Gasteiger partial charge in [0.05, 0.1) is 24.4 Å². The van der Waals surface area contributed by atoms with Crippen LogP contribution in [0.5, 0.6) is 0 Å². The highest BCUT2D eigenvalue weighted by molar-refractivity contribution is 5.90. The quantitative estimate of drug-likeness (QED) is 0.451. The molecule has 0 bridgehead atoms. The molecule has 0 spiro atoms. The van der Waals surface area contributed by atoms with E-state index in [-0.39, 0.29) is 11.6 Å². The lowest BCUT2D eigenvalue weighted by Crippen LogP contribution is -2.36. The number of non-ortho nitro benzene ring substituents is 1. The van der Waals surface area contributed by atoms with Gasteiger partial charge in [-0.05, 0) is 18.1 Å². The Morgan fingerprint density at radius 3 is 2.68 bits per heavy atom. The summed E-state index contributed by atoms with van der Waals surface area (Å²) < 4.78 is 5.36. The predicted octanol–water partition coefficient (Wildman–Crippen LogP) is 2.51. The van der Waals surface area contributed by atoms with E-state index in [1.165, 1.54) is 18.3 Å². The summed E-state index contributed by atoms with van der Waals surface area (Å²) in [5, 5.41) is 15.1. The second kappa shape index (κ2) is 9.61. The fourth-order valence-electron chi connectivity index (χ4n) is 2.98. The average molecular weight is 382 g/mol. The number of hydrazone groups is 1. The third-order valence-electron chi connectivity index (χ3n) is 4.45. The van der Waals surface area contributed by atoms with E-state index in [4.69, 9.17) is 4.74 Å². The molecule has 1 fully saturated rings. The third-order valence-corrected chi connectivity index (χ3v) is 4.45. The molecule has 0 saturated carbocycles. The van der Waals surface area contributed by atoms with E-state index in [0.717, 1.165) is 11.3 Å². The molecule has 1 amide bonds. The maximum Gasteiger partial charge on any atom is 0.270 e. The molecule has 8 nitrogen and oxygen atoms in total. The first kappa shape index (κ1) is 19.5.